The molecule has 0 atom stereocenters. The smallest absolute Gasteiger partial charge is 0.256 e. The van der Waals surface area contributed by atoms with Crippen LogP contribution in [-0.4, -0.2) is 28.2 Å². The zero-order valence-electron chi connectivity index (χ0n) is 11.5. The fraction of sp³-hybridized carbons (Fsp3) is 0.188. The number of hydrogen-bond acceptors (Lipinski definition) is 3. The SMILES string of the molecule is O=C(CCN1Cc2ncccc2C1=O)Nc1ccccc1. The summed E-state index contributed by atoms with van der Waals surface area (Å²) in [6, 6.07) is 12.8. The number of nitrogens with zero attached hydrogens (tertiary/aromatic N) is 2. The number of para-hydroxylation sites is 1. The molecule has 1 aromatic heterocycles. The van der Waals surface area contributed by atoms with Crippen LogP contribution < -0.4 is 5.32 Å². The first-order valence-corrected chi connectivity index (χ1v) is 6.82. The number of carbonyl (C=O) groups is 2. The van der Waals surface area contributed by atoms with Crippen LogP contribution in [0.2, 0.25) is 0 Å². The van der Waals surface area contributed by atoms with E-state index in [9.17, 15) is 9.59 Å². The number of nitrogens with one attached hydrogen (secondary N) is 1. The number of aromatic nitrogens is 1. The second-order valence-corrected chi connectivity index (χ2v) is 4.89. The molecule has 0 aliphatic carbocycles. The molecule has 5 nitrogen and oxygen atoms in total. The van der Waals surface area contributed by atoms with E-state index in [1.165, 1.54) is 0 Å². The maximum absolute atomic E-state index is 12.1. The summed E-state index contributed by atoms with van der Waals surface area (Å²) < 4.78 is 0. The van der Waals surface area contributed by atoms with Gasteiger partial charge in [0.1, 0.15) is 0 Å². The van der Waals surface area contributed by atoms with Gasteiger partial charge in [0.05, 0.1) is 17.8 Å². The summed E-state index contributed by atoms with van der Waals surface area (Å²) >= 11 is 0. The van der Waals surface area contributed by atoms with Crippen LogP contribution in [0.5, 0.6) is 0 Å². The minimum atomic E-state index is -0.0992. The van der Waals surface area contributed by atoms with Gasteiger partial charge >= 0.3 is 0 Å². The summed E-state index contributed by atoms with van der Waals surface area (Å²) in [5.41, 5.74) is 2.19. The molecule has 1 aliphatic rings. The molecule has 0 spiro atoms. The van der Waals surface area contributed by atoms with Crippen LogP contribution in [0, 0.1) is 0 Å². The first kappa shape index (κ1) is 13.3. The largest absolute Gasteiger partial charge is 0.332 e. The lowest BCUT2D eigenvalue weighted by atomic mass is 10.2. The Labute approximate surface area is 122 Å². The number of hydrogen-bond donors (Lipinski definition) is 1. The van der Waals surface area contributed by atoms with Gasteiger partial charge in [-0.05, 0) is 24.3 Å². The van der Waals surface area contributed by atoms with Crippen molar-refractivity contribution < 1.29 is 9.59 Å². The third-order valence-corrected chi connectivity index (χ3v) is 3.41. The molecule has 5 heteroatoms. The topological polar surface area (TPSA) is 62.3 Å². The predicted octanol–water partition coefficient (Wildman–Crippen LogP) is 2.07. The summed E-state index contributed by atoms with van der Waals surface area (Å²) in [5.74, 6) is -0.150. The van der Waals surface area contributed by atoms with E-state index < -0.39 is 0 Å². The number of fused-ring (bicyclic) bond motifs is 1. The third kappa shape index (κ3) is 2.91. The number of pyridine rings is 1. The van der Waals surface area contributed by atoms with E-state index in [0.717, 1.165) is 11.4 Å². The summed E-state index contributed by atoms with van der Waals surface area (Å²) in [6.45, 7) is 0.876. The molecule has 106 valence electrons. The minimum Gasteiger partial charge on any atom is -0.332 e. The Bertz CT molecular complexity index is 670. The van der Waals surface area contributed by atoms with E-state index in [2.05, 4.69) is 10.3 Å². The number of anilines is 1. The molecule has 1 aromatic carbocycles. The van der Waals surface area contributed by atoms with Gasteiger partial charge in [-0.15, -0.1) is 0 Å². The van der Waals surface area contributed by atoms with Crippen LogP contribution in [-0.2, 0) is 11.3 Å². The molecule has 3 rings (SSSR count). The maximum Gasteiger partial charge on any atom is 0.256 e. The van der Waals surface area contributed by atoms with Crippen LogP contribution in [0.1, 0.15) is 22.5 Å². The first-order valence-electron chi connectivity index (χ1n) is 6.82. The molecule has 2 aromatic rings. The van der Waals surface area contributed by atoms with Crippen molar-refractivity contribution in [3.05, 3.63) is 59.9 Å². The Morgan fingerprint density at radius 3 is 2.76 bits per heavy atom. The Morgan fingerprint density at radius 2 is 2.00 bits per heavy atom. The summed E-state index contributed by atoms with van der Waals surface area (Å²) in [4.78, 5) is 29.9. The second kappa shape index (κ2) is 5.75. The number of amides is 2. The van der Waals surface area contributed by atoms with E-state index in [4.69, 9.17) is 0 Å². The lowest BCUT2D eigenvalue weighted by molar-refractivity contribution is -0.116. The zero-order chi connectivity index (χ0) is 14.7. The molecule has 0 radical (unpaired) electrons. The maximum atomic E-state index is 12.1. The third-order valence-electron chi connectivity index (χ3n) is 3.41. The minimum absolute atomic E-state index is 0.0504. The Morgan fingerprint density at radius 1 is 1.19 bits per heavy atom. The van der Waals surface area contributed by atoms with Crippen molar-refractivity contribution in [1.82, 2.24) is 9.88 Å². The molecule has 0 saturated heterocycles. The van der Waals surface area contributed by atoms with E-state index >= 15 is 0 Å². The summed E-state index contributed by atoms with van der Waals surface area (Å²) in [7, 11) is 0. The lowest BCUT2D eigenvalue weighted by Gasteiger charge is -2.14. The van der Waals surface area contributed by atoms with Gasteiger partial charge in [-0.3, -0.25) is 14.6 Å². The number of benzene rings is 1. The van der Waals surface area contributed by atoms with Gasteiger partial charge in [0, 0.05) is 24.8 Å². The predicted molar refractivity (Wildman–Crippen MR) is 78.7 cm³/mol. The highest BCUT2D eigenvalue weighted by atomic mass is 16.2. The van der Waals surface area contributed by atoms with Crippen molar-refractivity contribution in [3.63, 3.8) is 0 Å². The summed E-state index contributed by atoms with van der Waals surface area (Å²) in [6.07, 6.45) is 1.95. The van der Waals surface area contributed by atoms with Crippen LogP contribution in [0.4, 0.5) is 5.69 Å². The van der Waals surface area contributed by atoms with Crippen molar-refractivity contribution >= 4 is 17.5 Å². The van der Waals surface area contributed by atoms with Crippen molar-refractivity contribution in [3.8, 4) is 0 Å². The first-order chi connectivity index (χ1) is 10.2. The van der Waals surface area contributed by atoms with Crippen molar-refractivity contribution in [2.45, 2.75) is 13.0 Å². The molecular weight excluding hydrogens is 266 g/mol. The van der Waals surface area contributed by atoms with Gasteiger partial charge in [-0.1, -0.05) is 18.2 Å². The molecule has 2 amide bonds. The Hall–Kier alpha value is -2.69. The molecule has 0 fully saturated rings. The lowest BCUT2D eigenvalue weighted by Crippen LogP contribution is -2.28. The van der Waals surface area contributed by atoms with Gasteiger partial charge in [0.2, 0.25) is 5.91 Å². The molecule has 0 unspecified atom stereocenters. The average Bonchev–Trinajstić information content (AvgIpc) is 2.83. The Balaban J connectivity index is 1.55. The zero-order valence-corrected chi connectivity index (χ0v) is 11.5. The monoisotopic (exact) mass is 281 g/mol. The standard InChI is InChI=1S/C16H15N3O2/c20-15(18-12-5-2-1-3-6-12)8-10-19-11-14-13(16(19)21)7-4-9-17-14/h1-7,9H,8,10-11H2,(H,18,20). The van der Waals surface area contributed by atoms with Crippen molar-refractivity contribution in [2.24, 2.45) is 0 Å². The molecule has 21 heavy (non-hydrogen) atoms. The van der Waals surface area contributed by atoms with Crippen LogP contribution >= 0.6 is 0 Å². The second-order valence-electron chi connectivity index (χ2n) is 4.89. The van der Waals surface area contributed by atoms with Crippen LogP contribution in [0.3, 0.4) is 0 Å². The number of carbonyl (C=O) groups excluding carboxylic acids is 2. The fourth-order valence-corrected chi connectivity index (χ4v) is 2.34. The van der Waals surface area contributed by atoms with Gasteiger partial charge in [0.15, 0.2) is 0 Å². The van der Waals surface area contributed by atoms with Gasteiger partial charge in [0.25, 0.3) is 5.91 Å². The van der Waals surface area contributed by atoms with E-state index in [1.807, 2.05) is 30.3 Å². The van der Waals surface area contributed by atoms with Crippen LogP contribution in [0.15, 0.2) is 48.7 Å². The number of rotatable bonds is 4. The molecule has 2 heterocycles. The normalized spacial score (nSPS) is 13.1. The molecule has 1 aliphatic heterocycles. The van der Waals surface area contributed by atoms with E-state index in [1.54, 1.807) is 23.2 Å². The van der Waals surface area contributed by atoms with Gasteiger partial charge in [-0.25, -0.2) is 0 Å². The quantitative estimate of drug-likeness (QED) is 0.933. The van der Waals surface area contributed by atoms with Crippen LogP contribution in [0.25, 0.3) is 0 Å². The highest BCUT2D eigenvalue weighted by molar-refractivity contribution is 5.98. The molecule has 0 bridgehead atoms. The van der Waals surface area contributed by atoms with Crippen molar-refractivity contribution in [1.29, 1.82) is 0 Å². The van der Waals surface area contributed by atoms with E-state index in [-0.39, 0.29) is 18.2 Å². The molecule has 0 saturated carbocycles. The highest BCUT2D eigenvalue weighted by Gasteiger charge is 2.27. The fourth-order valence-electron chi connectivity index (χ4n) is 2.34. The molecular formula is C16H15N3O2. The van der Waals surface area contributed by atoms with Gasteiger partial charge in [-0.2, -0.15) is 0 Å². The summed E-state index contributed by atoms with van der Waals surface area (Å²) in [5, 5.41) is 2.81. The van der Waals surface area contributed by atoms with E-state index in [0.29, 0.717) is 18.7 Å². The average molecular weight is 281 g/mol. The highest BCUT2D eigenvalue weighted by Crippen LogP contribution is 2.20. The molecule has 1 N–H and O–H groups in total. The Kier molecular flexibility index (Phi) is 3.64. The van der Waals surface area contributed by atoms with Crippen molar-refractivity contribution in [2.75, 3.05) is 11.9 Å². The van der Waals surface area contributed by atoms with Gasteiger partial charge < -0.3 is 10.2 Å².